The fourth-order valence-corrected chi connectivity index (χ4v) is 3.29. The number of aryl methyl sites for hydroxylation is 2. The summed E-state index contributed by atoms with van der Waals surface area (Å²) >= 11 is 0. The number of ether oxygens (including phenoxy) is 1. The highest BCUT2D eigenvalue weighted by atomic mass is 16.5. The van der Waals surface area contributed by atoms with Crippen molar-refractivity contribution in [3.63, 3.8) is 0 Å². The third-order valence-electron chi connectivity index (χ3n) is 4.32. The Kier molecular flexibility index (Phi) is 11.5. The fraction of sp³-hybridized carbons (Fsp3) is 0.560. The van der Waals surface area contributed by atoms with Gasteiger partial charge in [0.25, 0.3) is 0 Å². The van der Waals surface area contributed by atoms with Crippen molar-refractivity contribution in [2.24, 2.45) is 0 Å². The summed E-state index contributed by atoms with van der Waals surface area (Å²) in [7, 11) is 0. The molecule has 0 unspecified atom stereocenters. The van der Waals surface area contributed by atoms with Crippen molar-refractivity contribution >= 4 is 5.91 Å². The molecule has 158 valence electrons. The van der Waals surface area contributed by atoms with Gasteiger partial charge in [-0.05, 0) is 64.3 Å². The minimum Gasteiger partial charge on any atom is -0.494 e. The minimum atomic E-state index is -0.318. The van der Waals surface area contributed by atoms with Crippen molar-refractivity contribution in [3.8, 4) is 5.75 Å². The molecule has 1 N–H and O–H groups in total. The van der Waals surface area contributed by atoms with Gasteiger partial charge in [-0.25, -0.2) is 0 Å². The summed E-state index contributed by atoms with van der Waals surface area (Å²) in [5, 5.41) is 3.07. The zero-order valence-electron chi connectivity index (χ0n) is 19.7. The molecule has 0 saturated carbocycles. The van der Waals surface area contributed by atoms with Crippen molar-refractivity contribution in [2.75, 3.05) is 6.61 Å². The predicted octanol–water partition coefficient (Wildman–Crippen LogP) is 6.77. The molecule has 0 aliphatic heterocycles. The van der Waals surface area contributed by atoms with Gasteiger partial charge >= 0.3 is 0 Å². The van der Waals surface area contributed by atoms with Crippen LogP contribution in [0.5, 0.6) is 5.75 Å². The van der Waals surface area contributed by atoms with Crippen LogP contribution in [0.25, 0.3) is 0 Å². The van der Waals surface area contributed by atoms with Crippen LogP contribution in [0.4, 0.5) is 0 Å². The molecule has 3 nitrogen and oxygen atoms in total. The molecule has 1 aromatic carbocycles. The molecule has 0 bridgehead atoms. The molecular formula is C25H41NO2. The average molecular weight is 388 g/mol. The second-order valence-corrected chi connectivity index (χ2v) is 7.79. The van der Waals surface area contributed by atoms with E-state index in [1.807, 2.05) is 53.7 Å². The second-order valence-electron chi connectivity index (χ2n) is 7.79. The quantitative estimate of drug-likeness (QED) is 0.500. The summed E-state index contributed by atoms with van der Waals surface area (Å²) in [5.41, 5.74) is 5.29. The molecule has 0 heterocycles. The SMILES string of the molecule is CC.CCOc1cc(C)cc(C)c1C(C)(C)CC(=O)N/C(=C/C=C(C)C)CC. The number of allylic oxidation sites excluding steroid dienone is 4. The lowest BCUT2D eigenvalue weighted by Gasteiger charge is -2.29. The van der Waals surface area contributed by atoms with Crippen molar-refractivity contribution in [1.29, 1.82) is 0 Å². The molecule has 0 fully saturated rings. The lowest BCUT2D eigenvalue weighted by molar-refractivity contribution is -0.121. The first-order valence-corrected chi connectivity index (χ1v) is 10.5. The van der Waals surface area contributed by atoms with Gasteiger partial charge in [0.05, 0.1) is 6.61 Å². The van der Waals surface area contributed by atoms with Crippen LogP contribution in [0.1, 0.15) is 84.9 Å². The highest BCUT2D eigenvalue weighted by molar-refractivity contribution is 5.79. The Hall–Kier alpha value is -2.03. The monoisotopic (exact) mass is 387 g/mol. The van der Waals surface area contributed by atoms with E-state index in [4.69, 9.17) is 4.74 Å². The lowest BCUT2D eigenvalue weighted by atomic mass is 9.78. The van der Waals surface area contributed by atoms with E-state index < -0.39 is 0 Å². The second kappa shape index (κ2) is 12.4. The first kappa shape index (κ1) is 26.0. The molecule has 1 amide bonds. The van der Waals surface area contributed by atoms with Crippen LogP contribution in [0.3, 0.4) is 0 Å². The number of benzene rings is 1. The Balaban J connectivity index is 0.00000352. The van der Waals surface area contributed by atoms with E-state index in [1.54, 1.807) is 0 Å². The van der Waals surface area contributed by atoms with Gasteiger partial charge in [0.2, 0.25) is 5.91 Å². The molecule has 0 radical (unpaired) electrons. The topological polar surface area (TPSA) is 38.3 Å². The Morgan fingerprint density at radius 3 is 2.21 bits per heavy atom. The highest BCUT2D eigenvalue weighted by Gasteiger charge is 2.29. The van der Waals surface area contributed by atoms with Crippen molar-refractivity contribution in [3.05, 3.63) is 52.2 Å². The molecular weight excluding hydrogens is 346 g/mol. The zero-order chi connectivity index (χ0) is 21.9. The molecule has 0 atom stereocenters. The summed E-state index contributed by atoms with van der Waals surface area (Å²) in [4.78, 5) is 12.7. The third-order valence-corrected chi connectivity index (χ3v) is 4.32. The molecule has 0 spiro atoms. The van der Waals surface area contributed by atoms with Gasteiger partial charge in [0, 0.05) is 23.1 Å². The highest BCUT2D eigenvalue weighted by Crippen LogP contribution is 2.38. The molecule has 0 aliphatic rings. The van der Waals surface area contributed by atoms with Gasteiger partial charge in [-0.3, -0.25) is 4.79 Å². The van der Waals surface area contributed by atoms with E-state index in [1.165, 1.54) is 16.7 Å². The van der Waals surface area contributed by atoms with Crippen LogP contribution < -0.4 is 10.1 Å². The Morgan fingerprint density at radius 2 is 1.71 bits per heavy atom. The zero-order valence-corrected chi connectivity index (χ0v) is 19.7. The predicted molar refractivity (Wildman–Crippen MR) is 122 cm³/mol. The summed E-state index contributed by atoms with van der Waals surface area (Å²) in [5.74, 6) is 0.922. The fourth-order valence-electron chi connectivity index (χ4n) is 3.29. The van der Waals surface area contributed by atoms with Gasteiger partial charge in [0.15, 0.2) is 0 Å². The molecule has 28 heavy (non-hydrogen) atoms. The van der Waals surface area contributed by atoms with Gasteiger partial charge in [0.1, 0.15) is 5.75 Å². The van der Waals surface area contributed by atoms with E-state index in [2.05, 4.69) is 45.1 Å². The van der Waals surface area contributed by atoms with Crippen molar-refractivity contribution in [2.45, 2.75) is 87.5 Å². The standard InChI is InChI=1S/C23H35NO2.C2H6/c1-9-19(12-11-16(3)4)24-21(25)15-23(7,8)22-18(6)13-17(5)14-20(22)26-10-2;1-2/h11-14H,9-10,15H2,1-8H3,(H,24,25);1-2H3/b19-12+;. The smallest absolute Gasteiger partial charge is 0.224 e. The molecule has 0 saturated heterocycles. The molecule has 3 heteroatoms. The first-order valence-electron chi connectivity index (χ1n) is 10.5. The number of carbonyl (C=O) groups excluding carboxylic acids is 1. The minimum absolute atomic E-state index is 0.0349. The third kappa shape index (κ3) is 8.33. The average Bonchev–Trinajstić information content (AvgIpc) is 2.59. The Bertz CT molecular complexity index is 693. The van der Waals surface area contributed by atoms with E-state index in [-0.39, 0.29) is 11.3 Å². The van der Waals surface area contributed by atoms with Crippen LogP contribution in [0, 0.1) is 13.8 Å². The number of hydrogen-bond donors (Lipinski definition) is 1. The summed E-state index contributed by atoms with van der Waals surface area (Å²) in [6.45, 7) is 21.1. The van der Waals surface area contributed by atoms with Crippen molar-refractivity contribution in [1.82, 2.24) is 5.32 Å². The molecule has 1 aromatic rings. The normalized spacial score (nSPS) is 11.3. The van der Waals surface area contributed by atoms with Crippen LogP contribution in [0.15, 0.2) is 35.6 Å². The number of rotatable bonds is 8. The number of hydrogen-bond acceptors (Lipinski definition) is 2. The largest absolute Gasteiger partial charge is 0.494 e. The van der Waals surface area contributed by atoms with E-state index >= 15 is 0 Å². The van der Waals surface area contributed by atoms with E-state index in [0.717, 1.165) is 23.4 Å². The maximum Gasteiger partial charge on any atom is 0.224 e. The van der Waals surface area contributed by atoms with Crippen LogP contribution >= 0.6 is 0 Å². The van der Waals surface area contributed by atoms with Crippen LogP contribution in [-0.4, -0.2) is 12.5 Å². The van der Waals surface area contributed by atoms with E-state index in [9.17, 15) is 4.79 Å². The van der Waals surface area contributed by atoms with Gasteiger partial charge in [-0.1, -0.05) is 52.3 Å². The summed E-state index contributed by atoms with van der Waals surface area (Å²) in [6, 6.07) is 4.22. The molecule has 0 aliphatic carbocycles. The van der Waals surface area contributed by atoms with Crippen molar-refractivity contribution < 1.29 is 9.53 Å². The Morgan fingerprint density at radius 1 is 1.11 bits per heavy atom. The van der Waals surface area contributed by atoms with Crippen LogP contribution in [0.2, 0.25) is 0 Å². The number of amides is 1. The maximum atomic E-state index is 12.7. The first-order chi connectivity index (χ1) is 13.1. The molecule has 1 rings (SSSR count). The van der Waals surface area contributed by atoms with Gasteiger partial charge in [-0.2, -0.15) is 0 Å². The van der Waals surface area contributed by atoms with E-state index in [0.29, 0.717) is 13.0 Å². The maximum absolute atomic E-state index is 12.7. The number of nitrogens with one attached hydrogen (secondary N) is 1. The summed E-state index contributed by atoms with van der Waals surface area (Å²) < 4.78 is 5.88. The number of carbonyl (C=O) groups is 1. The van der Waals surface area contributed by atoms with Crippen LogP contribution in [-0.2, 0) is 10.2 Å². The Labute approximate surface area is 173 Å². The molecule has 0 aromatic heterocycles. The summed E-state index contributed by atoms with van der Waals surface area (Å²) in [6.07, 6.45) is 5.22. The lowest BCUT2D eigenvalue weighted by Crippen LogP contribution is -2.31. The van der Waals surface area contributed by atoms with Gasteiger partial charge < -0.3 is 10.1 Å². The van der Waals surface area contributed by atoms with Gasteiger partial charge in [-0.15, -0.1) is 0 Å².